The van der Waals surface area contributed by atoms with Crippen molar-refractivity contribution in [2.45, 2.75) is 18.9 Å². The van der Waals surface area contributed by atoms with Crippen LogP contribution >= 0.6 is 0 Å². The monoisotopic (exact) mass is 317 g/mol. The zero-order chi connectivity index (χ0) is 16.6. The number of hydrogen-bond donors (Lipinski definition) is 3. The number of rotatable bonds is 5. The lowest BCUT2D eigenvalue weighted by atomic mass is 10.1. The van der Waals surface area contributed by atoms with Crippen LogP contribution in [0.25, 0.3) is 11.0 Å². The molecule has 0 aliphatic heterocycles. The summed E-state index contributed by atoms with van der Waals surface area (Å²) in [6.45, 7) is 0.552. The van der Waals surface area contributed by atoms with E-state index < -0.39 is 11.2 Å². The topological polar surface area (TPSA) is 111 Å². The minimum Gasteiger partial charge on any atom is -0.350 e. The number of nitrogens with zero attached hydrogens (tertiary/aromatic N) is 2. The summed E-state index contributed by atoms with van der Waals surface area (Å²) in [5.74, 6) is 0.352. The van der Waals surface area contributed by atoms with Gasteiger partial charge in [0.1, 0.15) is 5.65 Å². The van der Waals surface area contributed by atoms with Crippen molar-refractivity contribution in [3.8, 4) is 0 Å². The molecule has 2 aromatic rings. The number of hydrogen-bond acceptors (Lipinski definition) is 5. The van der Waals surface area contributed by atoms with E-state index in [2.05, 4.69) is 25.2 Å². The van der Waals surface area contributed by atoms with Crippen LogP contribution in [-0.2, 0) is 0 Å². The SMILES string of the molecule is CN(C)[C@@H](CNC(=O)c1cnc2[nH]c(=O)[nH]c(=O)c2c1)C1CC1. The van der Waals surface area contributed by atoms with Crippen molar-refractivity contribution in [3.63, 3.8) is 0 Å². The van der Waals surface area contributed by atoms with Gasteiger partial charge in [-0.1, -0.05) is 0 Å². The lowest BCUT2D eigenvalue weighted by molar-refractivity contribution is 0.0938. The summed E-state index contributed by atoms with van der Waals surface area (Å²) < 4.78 is 0. The third-order valence-electron chi connectivity index (χ3n) is 4.15. The van der Waals surface area contributed by atoms with E-state index in [1.807, 2.05) is 14.1 Å². The Bertz CT molecular complexity index is 848. The van der Waals surface area contributed by atoms with Crippen molar-refractivity contribution in [1.29, 1.82) is 0 Å². The Hall–Kier alpha value is -2.48. The Kier molecular flexibility index (Phi) is 3.99. The maximum Gasteiger partial charge on any atom is 0.327 e. The standard InChI is InChI=1S/C15H19N5O3/c1-20(2)11(8-3-4-8)7-17-13(21)9-5-10-12(16-6-9)18-15(23)19-14(10)22/h5-6,8,11H,3-4,7H2,1-2H3,(H,17,21)(H2,16,18,19,22,23)/t11-/m0/s1. The number of nitrogens with one attached hydrogen (secondary N) is 3. The summed E-state index contributed by atoms with van der Waals surface area (Å²) in [4.78, 5) is 45.9. The van der Waals surface area contributed by atoms with Crippen molar-refractivity contribution in [1.82, 2.24) is 25.2 Å². The number of likely N-dealkylation sites (N-methyl/N-ethyl adjacent to an activating group) is 1. The quantitative estimate of drug-likeness (QED) is 0.700. The van der Waals surface area contributed by atoms with E-state index in [0.29, 0.717) is 24.1 Å². The maximum absolute atomic E-state index is 12.3. The first-order chi connectivity index (χ1) is 11.0. The van der Waals surface area contributed by atoms with Crippen LogP contribution in [0.15, 0.2) is 21.9 Å². The predicted molar refractivity (Wildman–Crippen MR) is 85.5 cm³/mol. The molecule has 0 radical (unpaired) electrons. The van der Waals surface area contributed by atoms with Crippen LogP contribution in [-0.4, -0.2) is 52.4 Å². The molecule has 0 aromatic carbocycles. The van der Waals surface area contributed by atoms with Gasteiger partial charge in [0, 0.05) is 18.8 Å². The summed E-state index contributed by atoms with van der Waals surface area (Å²) in [5.41, 5.74) is -0.719. The second-order valence-electron chi connectivity index (χ2n) is 6.11. The molecule has 1 saturated carbocycles. The Morgan fingerprint density at radius 2 is 2.13 bits per heavy atom. The largest absolute Gasteiger partial charge is 0.350 e. The molecule has 8 heteroatoms. The van der Waals surface area contributed by atoms with Gasteiger partial charge >= 0.3 is 5.69 Å². The molecule has 0 unspecified atom stereocenters. The summed E-state index contributed by atoms with van der Waals surface area (Å²) in [6.07, 6.45) is 3.74. The van der Waals surface area contributed by atoms with Crippen LogP contribution in [0.1, 0.15) is 23.2 Å². The highest BCUT2D eigenvalue weighted by atomic mass is 16.2. The van der Waals surface area contributed by atoms with E-state index >= 15 is 0 Å². The molecule has 1 aliphatic carbocycles. The molecule has 8 nitrogen and oxygen atoms in total. The molecular weight excluding hydrogens is 298 g/mol. The molecule has 3 N–H and O–H groups in total. The fraction of sp³-hybridized carbons (Fsp3) is 0.467. The number of pyridine rings is 1. The summed E-state index contributed by atoms with van der Waals surface area (Å²) >= 11 is 0. The number of aromatic nitrogens is 3. The van der Waals surface area contributed by atoms with Gasteiger partial charge in [-0.15, -0.1) is 0 Å². The van der Waals surface area contributed by atoms with Gasteiger partial charge in [0.05, 0.1) is 10.9 Å². The lowest BCUT2D eigenvalue weighted by Gasteiger charge is -2.24. The Morgan fingerprint density at radius 1 is 1.39 bits per heavy atom. The first kappa shape index (κ1) is 15.4. The number of carbonyl (C=O) groups excluding carboxylic acids is 1. The zero-order valence-corrected chi connectivity index (χ0v) is 13.0. The molecule has 1 aliphatic rings. The van der Waals surface area contributed by atoms with E-state index in [9.17, 15) is 14.4 Å². The molecule has 1 atom stereocenters. The minimum atomic E-state index is -0.620. The van der Waals surface area contributed by atoms with Gasteiger partial charge in [0.15, 0.2) is 0 Å². The minimum absolute atomic E-state index is 0.166. The third-order valence-corrected chi connectivity index (χ3v) is 4.15. The molecule has 2 aromatic heterocycles. The third kappa shape index (κ3) is 3.31. The van der Waals surface area contributed by atoms with Crippen molar-refractivity contribution in [2.24, 2.45) is 5.92 Å². The molecular formula is C15H19N5O3. The zero-order valence-electron chi connectivity index (χ0n) is 13.0. The molecule has 3 rings (SSSR count). The fourth-order valence-electron chi connectivity index (χ4n) is 2.72. The van der Waals surface area contributed by atoms with Crippen LogP contribution in [0.2, 0.25) is 0 Å². The van der Waals surface area contributed by atoms with Gasteiger partial charge in [-0.05, 0) is 38.9 Å². The summed E-state index contributed by atoms with van der Waals surface area (Å²) in [7, 11) is 4.01. The van der Waals surface area contributed by atoms with Gasteiger partial charge in [0.25, 0.3) is 11.5 Å². The van der Waals surface area contributed by atoms with E-state index in [0.717, 1.165) is 0 Å². The van der Waals surface area contributed by atoms with Gasteiger partial charge in [-0.25, -0.2) is 9.78 Å². The number of carbonyl (C=O) groups is 1. The highest BCUT2D eigenvalue weighted by molar-refractivity contribution is 5.96. The van der Waals surface area contributed by atoms with Crippen LogP contribution in [0.5, 0.6) is 0 Å². The van der Waals surface area contributed by atoms with Crippen molar-refractivity contribution in [3.05, 3.63) is 38.7 Å². The average molecular weight is 317 g/mol. The molecule has 2 heterocycles. The summed E-state index contributed by atoms with van der Waals surface area (Å²) in [6, 6.07) is 1.75. The normalized spacial score (nSPS) is 15.8. The van der Waals surface area contributed by atoms with Crippen LogP contribution in [0, 0.1) is 5.92 Å². The second kappa shape index (κ2) is 5.96. The number of aromatic amines is 2. The van der Waals surface area contributed by atoms with Crippen molar-refractivity contribution >= 4 is 16.9 Å². The highest BCUT2D eigenvalue weighted by Crippen LogP contribution is 2.34. The first-order valence-corrected chi connectivity index (χ1v) is 7.52. The average Bonchev–Trinajstić information content (AvgIpc) is 3.31. The van der Waals surface area contributed by atoms with Gasteiger partial charge in [0.2, 0.25) is 0 Å². The van der Waals surface area contributed by atoms with Crippen LogP contribution < -0.4 is 16.6 Å². The lowest BCUT2D eigenvalue weighted by Crippen LogP contribution is -2.41. The molecule has 0 spiro atoms. The van der Waals surface area contributed by atoms with Crippen LogP contribution in [0.4, 0.5) is 0 Å². The highest BCUT2D eigenvalue weighted by Gasteiger charge is 2.32. The van der Waals surface area contributed by atoms with Gasteiger partial charge in [-0.3, -0.25) is 19.6 Å². The first-order valence-electron chi connectivity index (χ1n) is 7.52. The number of H-pyrrole nitrogens is 2. The van der Waals surface area contributed by atoms with Gasteiger partial charge < -0.3 is 10.2 Å². The Balaban J connectivity index is 1.78. The maximum atomic E-state index is 12.3. The van der Waals surface area contributed by atoms with E-state index in [1.54, 1.807) is 0 Å². The number of amides is 1. The summed E-state index contributed by atoms with van der Waals surface area (Å²) in [5, 5.41) is 3.08. The van der Waals surface area contributed by atoms with E-state index in [1.165, 1.54) is 25.1 Å². The number of fused-ring (bicyclic) bond motifs is 1. The predicted octanol–water partition coefficient (Wildman–Crippen LogP) is -0.319. The van der Waals surface area contributed by atoms with E-state index in [4.69, 9.17) is 0 Å². The molecule has 0 bridgehead atoms. The van der Waals surface area contributed by atoms with Crippen molar-refractivity contribution < 1.29 is 4.79 Å². The Labute approximate surface area is 131 Å². The molecule has 23 heavy (non-hydrogen) atoms. The molecule has 1 fully saturated rings. The fourth-order valence-corrected chi connectivity index (χ4v) is 2.72. The van der Waals surface area contributed by atoms with Gasteiger partial charge in [-0.2, -0.15) is 0 Å². The molecule has 0 saturated heterocycles. The molecule has 122 valence electrons. The van der Waals surface area contributed by atoms with Crippen molar-refractivity contribution in [2.75, 3.05) is 20.6 Å². The molecule has 1 amide bonds. The smallest absolute Gasteiger partial charge is 0.327 e. The van der Waals surface area contributed by atoms with Crippen LogP contribution in [0.3, 0.4) is 0 Å². The second-order valence-corrected chi connectivity index (χ2v) is 6.11. The van der Waals surface area contributed by atoms with E-state index in [-0.39, 0.29) is 16.9 Å². The Morgan fingerprint density at radius 3 is 2.78 bits per heavy atom.